The van der Waals surface area contributed by atoms with Crippen LogP contribution in [0.1, 0.15) is 20.7 Å². The minimum absolute atomic E-state index is 0.0648. The lowest BCUT2D eigenvalue weighted by molar-refractivity contribution is 0.0227. The SMILES string of the molecule is COc1c(Cl)ccc(Cl)c1C(=O)ONC(=O)c1ccccc1. The van der Waals surface area contributed by atoms with Gasteiger partial charge in [-0.2, -0.15) is 5.48 Å². The van der Waals surface area contributed by atoms with E-state index in [-0.39, 0.29) is 21.4 Å². The van der Waals surface area contributed by atoms with Crippen molar-refractivity contribution in [1.82, 2.24) is 5.48 Å². The first kappa shape index (κ1) is 16.1. The van der Waals surface area contributed by atoms with Gasteiger partial charge in [-0.25, -0.2) is 4.79 Å². The number of ether oxygens (including phenoxy) is 1. The van der Waals surface area contributed by atoms with E-state index in [2.05, 4.69) is 0 Å². The second-order valence-electron chi connectivity index (χ2n) is 4.12. The zero-order valence-corrected chi connectivity index (χ0v) is 12.9. The average molecular weight is 340 g/mol. The molecule has 0 aliphatic carbocycles. The first-order valence-corrected chi connectivity index (χ1v) is 6.88. The summed E-state index contributed by atoms with van der Waals surface area (Å²) in [4.78, 5) is 28.6. The van der Waals surface area contributed by atoms with Crippen LogP contribution in [0.15, 0.2) is 42.5 Å². The van der Waals surface area contributed by atoms with Crippen molar-refractivity contribution in [1.29, 1.82) is 0 Å². The molecule has 0 fully saturated rings. The molecule has 1 N–H and O–H groups in total. The van der Waals surface area contributed by atoms with Crippen LogP contribution in [0.2, 0.25) is 10.0 Å². The highest BCUT2D eigenvalue weighted by atomic mass is 35.5. The second-order valence-corrected chi connectivity index (χ2v) is 4.94. The molecule has 0 radical (unpaired) electrons. The van der Waals surface area contributed by atoms with Crippen LogP contribution in [-0.4, -0.2) is 19.0 Å². The van der Waals surface area contributed by atoms with Crippen LogP contribution in [0, 0.1) is 0 Å². The number of amides is 1. The highest BCUT2D eigenvalue weighted by molar-refractivity contribution is 6.37. The largest absolute Gasteiger partial charge is 0.494 e. The van der Waals surface area contributed by atoms with Gasteiger partial charge in [0, 0.05) is 5.56 Å². The number of methoxy groups -OCH3 is 1. The third kappa shape index (κ3) is 3.50. The maximum atomic E-state index is 12.1. The van der Waals surface area contributed by atoms with Crippen LogP contribution >= 0.6 is 23.2 Å². The minimum Gasteiger partial charge on any atom is -0.494 e. The van der Waals surface area contributed by atoms with Gasteiger partial charge in [0.2, 0.25) is 0 Å². The first-order chi connectivity index (χ1) is 10.5. The van der Waals surface area contributed by atoms with Crippen LogP contribution in [0.25, 0.3) is 0 Å². The van der Waals surface area contributed by atoms with Gasteiger partial charge in [-0.15, -0.1) is 0 Å². The van der Waals surface area contributed by atoms with E-state index in [1.54, 1.807) is 30.3 Å². The van der Waals surface area contributed by atoms with Gasteiger partial charge in [0.15, 0.2) is 5.75 Å². The summed E-state index contributed by atoms with van der Waals surface area (Å²) < 4.78 is 5.04. The standard InChI is InChI=1S/C15H11Cl2NO4/c1-21-13-11(17)8-7-10(16)12(13)15(20)22-18-14(19)9-5-3-2-4-6-9/h2-8H,1H3,(H,18,19). The Morgan fingerprint density at radius 2 is 1.64 bits per heavy atom. The van der Waals surface area contributed by atoms with Crippen molar-refractivity contribution in [3.8, 4) is 5.75 Å². The number of rotatable bonds is 3. The summed E-state index contributed by atoms with van der Waals surface area (Å²) in [6, 6.07) is 11.2. The van der Waals surface area contributed by atoms with Gasteiger partial charge in [0.1, 0.15) is 5.56 Å². The Kier molecular flexibility index (Phi) is 5.25. The van der Waals surface area contributed by atoms with E-state index < -0.39 is 11.9 Å². The highest BCUT2D eigenvalue weighted by Gasteiger charge is 2.22. The Morgan fingerprint density at radius 3 is 2.27 bits per heavy atom. The summed E-state index contributed by atoms with van der Waals surface area (Å²) in [7, 11) is 1.34. The number of carbonyl (C=O) groups is 2. The normalized spacial score (nSPS) is 9.95. The fourth-order valence-electron chi connectivity index (χ4n) is 1.72. The Balaban J connectivity index is 2.14. The molecular formula is C15H11Cl2NO4. The summed E-state index contributed by atoms with van der Waals surface area (Å²) in [6.07, 6.45) is 0. The van der Waals surface area contributed by atoms with Gasteiger partial charge in [-0.3, -0.25) is 4.79 Å². The van der Waals surface area contributed by atoms with Crippen LogP contribution in [0.3, 0.4) is 0 Å². The van der Waals surface area contributed by atoms with E-state index in [4.69, 9.17) is 32.8 Å². The van der Waals surface area contributed by atoms with E-state index in [1.807, 2.05) is 5.48 Å². The smallest absolute Gasteiger partial charge is 0.368 e. The van der Waals surface area contributed by atoms with Crippen LogP contribution in [-0.2, 0) is 4.84 Å². The molecule has 5 nitrogen and oxygen atoms in total. The number of nitrogens with one attached hydrogen (secondary N) is 1. The molecule has 0 spiro atoms. The van der Waals surface area contributed by atoms with E-state index in [0.717, 1.165) is 0 Å². The van der Waals surface area contributed by atoms with Gasteiger partial charge in [-0.1, -0.05) is 41.4 Å². The number of benzene rings is 2. The molecule has 0 unspecified atom stereocenters. The second kappa shape index (κ2) is 7.15. The molecule has 0 saturated carbocycles. The molecule has 2 aromatic rings. The predicted molar refractivity (Wildman–Crippen MR) is 82.3 cm³/mol. The van der Waals surface area contributed by atoms with Crippen molar-refractivity contribution >= 4 is 35.1 Å². The Labute approximate surface area is 136 Å². The number of hydrogen-bond acceptors (Lipinski definition) is 4. The number of halogens is 2. The minimum atomic E-state index is -0.881. The van der Waals surface area contributed by atoms with Crippen molar-refractivity contribution < 1.29 is 19.2 Å². The van der Waals surface area contributed by atoms with E-state index in [0.29, 0.717) is 5.56 Å². The molecule has 2 aromatic carbocycles. The molecule has 0 bridgehead atoms. The zero-order valence-electron chi connectivity index (χ0n) is 11.4. The summed E-state index contributed by atoms with van der Waals surface area (Å²) >= 11 is 11.9. The van der Waals surface area contributed by atoms with Gasteiger partial charge in [0.25, 0.3) is 5.91 Å². The van der Waals surface area contributed by atoms with Gasteiger partial charge >= 0.3 is 5.97 Å². The highest BCUT2D eigenvalue weighted by Crippen LogP contribution is 2.34. The molecule has 0 atom stereocenters. The molecule has 0 saturated heterocycles. The average Bonchev–Trinajstić information content (AvgIpc) is 2.54. The monoisotopic (exact) mass is 339 g/mol. The molecule has 0 aliphatic rings. The van der Waals surface area contributed by atoms with Crippen molar-refractivity contribution in [3.63, 3.8) is 0 Å². The molecule has 2 rings (SSSR count). The predicted octanol–water partition coefficient (Wildman–Crippen LogP) is 3.50. The molecule has 22 heavy (non-hydrogen) atoms. The molecule has 7 heteroatoms. The maximum Gasteiger partial charge on any atom is 0.368 e. The Morgan fingerprint density at radius 1 is 1.00 bits per heavy atom. The fourth-order valence-corrected chi connectivity index (χ4v) is 2.18. The lowest BCUT2D eigenvalue weighted by Crippen LogP contribution is -2.27. The summed E-state index contributed by atoms with van der Waals surface area (Å²) in [5.41, 5.74) is 2.33. The van der Waals surface area contributed by atoms with Crippen molar-refractivity contribution in [3.05, 3.63) is 63.6 Å². The fraction of sp³-hybridized carbons (Fsp3) is 0.0667. The molecule has 0 heterocycles. The van der Waals surface area contributed by atoms with Crippen molar-refractivity contribution in [2.45, 2.75) is 0 Å². The molecule has 1 amide bonds. The number of carbonyl (C=O) groups excluding carboxylic acids is 2. The molecular weight excluding hydrogens is 329 g/mol. The van der Waals surface area contributed by atoms with E-state index in [1.165, 1.54) is 19.2 Å². The van der Waals surface area contributed by atoms with Gasteiger partial charge < -0.3 is 9.57 Å². The summed E-state index contributed by atoms with van der Waals surface area (Å²) in [6.45, 7) is 0. The summed E-state index contributed by atoms with van der Waals surface area (Å²) in [5, 5.41) is 0.299. The first-order valence-electron chi connectivity index (χ1n) is 6.13. The van der Waals surface area contributed by atoms with Crippen molar-refractivity contribution in [2.24, 2.45) is 0 Å². The topological polar surface area (TPSA) is 64.6 Å². The van der Waals surface area contributed by atoms with Gasteiger partial charge in [-0.05, 0) is 24.3 Å². The van der Waals surface area contributed by atoms with Gasteiger partial charge in [0.05, 0.1) is 17.2 Å². The summed E-state index contributed by atoms with van der Waals surface area (Å²) in [5.74, 6) is -1.37. The number of hydrogen-bond donors (Lipinski definition) is 1. The maximum absolute atomic E-state index is 12.1. The van der Waals surface area contributed by atoms with Crippen molar-refractivity contribution in [2.75, 3.05) is 7.11 Å². The van der Waals surface area contributed by atoms with Crippen LogP contribution in [0.4, 0.5) is 0 Å². The lowest BCUT2D eigenvalue weighted by atomic mass is 10.2. The molecule has 0 aliphatic heterocycles. The molecule has 0 aromatic heterocycles. The number of hydroxylamine groups is 1. The zero-order chi connectivity index (χ0) is 16.1. The third-order valence-electron chi connectivity index (χ3n) is 2.74. The third-order valence-corrected chi connectivity index (χ3v) is 3.35. The Hall–Kier alpha value is -2.24. The molecule has 114 valence electrons. The lowest BCUT2D eigenvalue weighted by Gasteiger charge is -2.11. The van der Waals surface area contributed by atoms with E-state index >= 15 is 0 Å². The van der Waals surface area contributed by atoms with E-state index in [9.17, 15) is 9.59 Å². The quantitative estimate of drug-likeness (QED) is 0.869. The van der Waals surface area contributed by atoms with Crippen LogP contribution < -0.4 is 10.2 Å². The van der Waals surface area contributed by atoms with Crippen LogP contribution in [0.5, 0.6) is 5.75 Å². The Bertz CT molecular complexity index is 704.